The molecule has 108 valence electrons. The molecule has 1 amide bonds. The standard InChI is InChI=1S/C15H20N2O3/c1-5-8-17-13-7-6-12(19-3)9-11(13)10-14(17)15(18)16(2)20-4/h5-7,9,14H,1,8,10H2,2-4H3. The zero-order valence-corrected chi connectivity index (χ0v) is 12.1. The molecule has 5 nitrogen and oxygen atoms in total. The number of benzene rings is 1. The van der Waals surface area contributed by atoms with Crippen LogP contribution >= 0.6 is 0 Å². The SMILES string of the molecule is C=CCN1c2ccc(OC)cc2CC1C(=O)N(C)OC. The summed E-state index contributed by atoms with van der Waals surface area (Å²) in [6.07, 6.45) is 2.44. The lowest BCUT2D eigenvalue weighted by Crippen LogP contribution is -2.45. The van der Waals surface area contributed by atoms with Gasteiger partial charge in [0.25, 0.3) is 5.91 Å². The molecule has 1 aromatic carbocycles. The molecule has 0 fully saturated rings. The predicted molar refractivity (Wildman–Crippen MR) is 77.8 cm³/mol. The van der Waals surface area contributed by atoms with E-state index in [1.54, 1.807) is 20.2 Å². The van der Waals surface area contributed by atoms with E-state index in [1.807, 2.05) is 23.1 Å². The zero-order chi connectivity index (χ0) is 14.7. The second kappa shape index (κ2) is 5.96. The van der Waals surface area contributed by atoms with Gasteiger partial charge in [0.05, 0.1) is 14.2 Å². The Morgan fingerprint density at radius 1 is 1.55 bits per heavy atom. The Balaban J connectivity index is 2.32. The highest BCUT2D eigenvalue weighted by molar-refractivity contribution is 5.87. The number of hydroxylamine groups is 2. The van der Waals surface area contributed by atoms with E-state index in [0.717, 1.165) is 17.0 Å². The van der Waals surface area contributed by atoms with Gasteiger partial charge in [0.1, 0.15) is 11.8 Å². The lowest BCUT2D eigenvalue weighted by Gasteiger charge is -2.28. The van der Waals surface area contributed by atoms with Crippen LogP contribution in [-0.4, -0.2) is 44.8 Å². The Bertz CT molecular complexity index is 516. The molecule has 1 aliphatic heterocycles. The zero-order valence-electron chi connectivity index (χ0n) is 12.1. The number of carbonyl (C=O) groups is 1. The summed E-state index contributed by atoms with van der Waals surface area (Å²) in [5, 5.41) is 1.27. The molecule has 0 aliphatic carbocycles. The molecule has 0 N–H and O–H groups in total. The van der Waals surface area contributed by atoms with Crippen LogP contribution in [0.15, 0.2) is 30.9 Å². The summed E-state index contributed by atoms with van der Waals surface area (Å²) in [6.45, 7) is 4.39. The molecule has 0 saturated carbocycles. The number of likely N-dealkylation sites (N-methyl/N-ethyl adjacent to an activating group) is 1. The van der Waals surface area contributed by atoms with Crippen LogP contribution in [0.25, 0.3) is 0 Å². The number of anilines is 1. The molecule has 0 aromatic heterocycles. The quantitative estimate of drug-likeness (QED) is 0.605. The summed E-state index contributed by atoms with van der Waals surface area (Å²) < 4.78 is 5.24. The lowest BCUT2D eigenvalue weighted by molar-refractivity contribution is -0.170. The molecule has 0 saturated heterocycles. The Kier molecular flexibility index (Phi) is 4.29. The van der Waals surface area contributed by atoms with Crippen molar-refractivity contribution in [3.63, 3.8) is 0 Å². The summed E-state index contributed by atoms with van der Waals surface area (Å²) >= 11 is 0. The van der Waals surface area contributed by atoms with E-state index in [-0.39, 0.29) is 11.9 Å². The Morgan fingerprint density at radius 2 is 2.30 bits per heavy atom. The topological polar surface area (TPSA) is 42.0 Å². The summed E-state index contributed by atoms with van der Waals surface area (Å²) in [5.41, 5.74) is 2.16. The molecular weight excluding hydrogens is 256 g/mol. The molecule has 1 atom stereocenters. The maximum absolute atomic E-state index is 12.4. The van der Waals surface area contributed by atoms with Gasteiger partial charge in [-0.2, -0.15) is 0 Å². The monoisotopic (exact) mass is 276 g/mol. The van der Waals surface area contributed by atoms with Crippen molar-refractivity contribution in [3.05, 3.63) is 36.4 Å². The van der Waals surface area contributed by atoms with Crippen molar-refractivity contribution in [3.8, 4) is 5.75 Å². The van der Waals surface area contributed by atoms with E-state index in [0.29, 0.717) is 13.0 Å². The molecule has 20 heavy (non-hydrogen) atoms. The number of hydrogen-bond donors (Lipinski definition) is 0. The van der Waals surface area contributed by atoms with Gasteiger partial charge in [0, 0.05) is 25.7 Å². The molecule has 2 rings (SSSR count). The van der Waals surface area contributed by atoms with Gasteiger partial charge in [-0.15, -0.1) is 6.58 Å². The lowest BCUT2D eigenvalue weighted by atomic mass is 10.1. The number of rotatable bonds is 5. The second-order valence-electron chi connectivity index (χ2n) is 4.67. The number of carbonyl (C=O) groups excluding carboxylic acids is 1. The van der Waals surface area contributed by atoms with Crippen molar-refractivity contribution < 1.29 is 14.4 Å². The Morgan fingerprint density at radius 3 is 2.90 bits per heavy atom. The van der Waals surface area contributed by atoms with Crippen LogP contribution in [0.2, 0.25) is 0 Å². The van der Waals surface area contributed by atoms with Crippen molar-refractivity contribution in [2.75, 3.05) is 32.7 Å². The van der Waals surface area contributed by atoms with Crippen molar-refractivity contribution >= 4 is 11.6 Å². The smallest absolute Gasteiger partial charge is 0.268 e. The van der Waals surface area contributed by atoms with Crippen LogP contribution in [0.1, 0.15) is 5.56 Å². The van der Waals surface area contributed by atoms with Crippen LogP contribution in [0.5, 0.6) is 5.75 Å². The predicted octanol–water partition coefficient (Wildman–Crippen LogP) is 1.63. The molecule has 0 radical (unpaired) electrons. The van der Waals surface area contributed by atoms with Gasteiger partial charge in [-0.05, 0) is 23.8 Å². The van der Waals surface area contributed by atoms with E-state index in [2.05, 4.69) is 6.58 Å². The van der Waals surface area contributed by atoms with Crippen molar-refractivity contribution in [1.82, 2.24) is 5.06 Å². The first kappa shape index (κ1) is 14.4. The number of fused-ring (bicyclic) bond motifs is 1. The summed E-state index contributed by atoms with van der Waals surface area (Å²) in [6, 6.07) is 5.60. The molecule has 0 spiro atoms. The van der Waals surface area contributed by atoms with Gasteiger partial charge in [0.15, 0.2) is 0 Å². The highest BCUT2D eigenvalue weighted by Gasteiger charge is 2.35. The number of nitrogens with zero attached hydrogens (tertiary/aromatic N) is 2. The molecule has 1 unspecified atom stereocenters. The summed E-state index contributed by atoms with van der Waals surface area (Å²) in [4.78, 5) is 19.4. The maximum atomic E-state index is 12.4. The molecule has 1 aromatic rings. The largest absolute Gasteiger partial charge is 0.497 e. The number of ether oxygens (including phenoxy) is 1. The maximum Gasteiger partial charge on any atom is 0.268 e. The Hall–Kier alpha value is -2.01. The minimum Gasteiger partial charge on any atom is -0.497 e. The fourth-order valence-electron chi connectivity index (χ4n) is 2.50. The molecule has 0 bridgehead atoms. The summed E-state index contributed by atoms with van der Waals surface area (Å²) in [5.74, 6) is 0.736. The van der Waals surface area contributed by atoms with Gasteiger partial charge < -0.3 is 9.64 Å². The van der Waals surface area contributed by atoms with E-state index in [1.165, 1.54) is 12.2 Å². The van der Waals surface area contributed by atoms with Crippen molar-refractivity contribution in [2.45, 2.75) is 12.5 Å². The van der Waals surface area contributed by atoms with Gasteiger partial charge in [0.2, 0.25) is 0 Å². The van der Waals surface area contributed by atoms with Crippen LogP contribution in [0.4, 0.5) is 5.69 Å². The molecule has 5 heteroatoms. The average Bonchev–Trinajstić information content (AvgIpc) is 2.83. The highest BCUT2D eigenvalue weighted by atomic mass is 16.7. The third kappa shape index (κ3) is 2.49. The summed E-state index contributed by atoms with van der Waals surface area (Å²) in [7, 11) is 4.75. The van der Waals surface area contributed by atoms with E-state index in [9.17, 15) is 4.79 Å². The number of hydrogen-bond acceptors (Lipinski definition) is 4. The van der Waals surface area contributed by atoms with E-state index < -0.39 is 0 Å². The highest BCUT2D eigenvalue weighted by Crippen LogP contribution is 2.35. The van der Waals surface area contributed by atoms with Gasteiger partial charge in [-0.3, -0.25) is 9.63 Å². The second-order valence-corrected chi connectivity index (χ2v) is 4.67. The minimum atomic E-state index is -0.264. The molecule has 1 aliphatic rings. The fraction of sp³-hybridized carbons (Fsp3) is 0.400. The Labute approximate surface area is 119 Å². The fourth-order valence-corrected chi connectivity index (χ4v) is 2.50. The third-order valence-corrected chi connectivity index (χ3v) is 3.58. The number of methoxy groups -OCH3 is 1. The first-order valence-electron chi connectivity index (χ1n) is 6.48. The third-order valence-electron chi connectivity index (χ3n) is 3.58. The number of amides is 1. The normalized spacial score (nSPS) is 16.8. The minimum absolute atomic E-state index is 0.0653. The van der Waals surface area contributed by atoms with Crippen LogP contribution in [-0.2, 0) is 16.1 Å². The van der Waals surface area contributed by atoms with Gasteiger partial charge in [-0.1, -0.05) is 6.08 Å². The van der Waals surface area contributed by atoms with E-state index in [4.69, 9.17) is 9.57 Å². The van der Waals surface area contributed by atoms with Gasteiger partial charge in [-0.25, -0.2) is 5.06 Å². The molecule has 1 heterocycles. The van der Waals surface area contributed by atoms with Crippen LogP contribution in [0.3, 0.4) is 0 Å². The van der Waals surface area contributed by atoms with Gasteiger partial charge >= 0.3 is 0 Å². The van der Waals surface area contributed by atoms with E-state index >= 15 is 0 Å². The van der Waals surface area contributed by atoms with Crippen LogP contribution < -0.4 is 9.64 Å². The van der Waals surface area contributed by atoms with Crippen molar-refractivity contribution in [2.24, 2.45) is 0 Å². The van der Waals surface area contributed by atoms with Crippen molar-refractivity contribution in [1.29, 1.82) is 0 Å². The first-order chi connectivity index (χ1) is 9.62. The average molecular weight is 276 g/mol. The first-order valence-corrected chi connectivity index (χ1v) is 6.48. The van der Waals surface area contributed by atoms with Crippen LogP contribution in [0, 0.1) is 0 Å². The molecular formula is C15H20N2O3.